The van der Waals surface area contributed by atoms with E-state index >= 15 is 4.39 Å². The SMILES string of the molecule is COc1ccccc1C1CCN(c2nc(C3(F)CCC3)nc3ccc(N(C)CCO)cc23)CC1. The molecule has 2 fully saturated rings. The molecule has 2 heterocycles. The summed E-state index contributed by atoms with van der Waals surface area (Å²) >= 11 is 0. The number of aromatic nitrogens is 2. The third kappa shape index (κ3) is 4.17. The number of anilines is 2. The van der Waals surface area contributed by atoms with Gasteiger partial charge < -0.3 is 19.6 Å². The molecule has 3 aromatic rings. The first-order valence-electron chi connectivity index (χ1n) is 12.2. The molecule has 1 saturated carbocycles. The minimum absolute atomic E-state index is 0.0810. The van der Waals surface area contributed by atoms with Crippen LogP contribution < -0.4 is 14.5 Å². The standard InChI is InChI=1S/C27H33FN4O2/c1-31(16-17-33)20-8-9-23-22(18-20)25(30-26(29-23)27(28)12-5-13-27)32-14-10-19(11-15-32)21-6-3-4-7-24(21)34-2/h3-4,6-9,18-19,33H,5,10-17H2,1-2H3. The Morgan fingerprint density at radius 3 is 2.59 bits per heavy atom. The molecular weight excluding hydrogens is 431 g/mol. The highest BCUT2D eigenvalue weighted by atomic mass is 19.1. The maximum absolute atomic E-state index is 15.4. The van der Waals surface area contributed by atoms with Crippen molar-refractivity contribution >= 4 is 22.4 Å². The van der Waals surface area contributed by atoms with Gasteiger partial charge in [-0.2, -0.15) is 0 Å². The molecule has 0 radical (unpaired) electrons. The molecule has 1 aromatic heterocycles. The molecule has 0 amide bonds. The first kappa shape index (κ1) is 22.8. The number of aliphatic hydroxyl groups excluding tert-OH is 1. The van der Waals surface area contributed by atoms with Gasteiger partial charge >= 0.3 is 0 Å². The molecule has 7 heteroatoms. The van der Waals surface area contributed by atoms with Gasteiger partial charge in [-0.05, 0) is 67.9 Å². The van der Waals surface area contributed by atoms with Crippen molar-refractivity contribution in [2.45, 2.75) is 43.7 Å². The smallest absolute Gasteiger partial charge is 0.170 e. The Balaban J connectivity index is 1.49. The molecule has 0 atom stereocenters. The Morgan fingerprint density at radius 1 is 1.15 bits per heavy atom. The number of hydrogen-bond acceptors (Lipinski definition) is 6. The van der Waals surface area contributed by atoms with Gasteiger partial charge in [-0.3, -0.25) is 0 Å². The monoisotopic (exact) mass is 464 g/mol. The van der Waals surface area contributed by atoms with E-state index in [1.165, 1.54) is 5.56 Å². The van der Waals surface area contributed by atoms with E-state index in [0.29, 0.717) is 31.1 Å². The van der Waals surface area contributed by atoms with Gasteiger partial charge in [-0.25, -0.2) is 14.4 Å². The number of hydrogen-bond donors (Lipinski definition) is 1. The lowest BCUT2D eigenvalue weighted by molar-refractivity contribution is 0.0512. The molecule has 1 saturated heterocycles. The summed E-state index contributed by atoms with van der Waals surface area (Å²) in [4.78, 5) is 13.8. The number of rotatable bonds is 7. The molecule has 2 aliphatic rings. The van der Waals surface area contributed by atoms with Crippen LogP contribution in [-0.2, 0) is 5.67 Å². The fourth-order valence-electron chi connectivity index (χ4n) is 5.17. The van der Waals surface area contributed by atoms with E-state index in [1.54, 1.807) is 7.11 Å². The number of benzene rings is 2. The number of alkyl halides is 1. The van der Waals surface area contributed by atoms with Crippen LogP contribution in [0, 0.1) is 0 Å². The zero-order chi connectivity index (χ0) is 23.7. The molecule has 1 aliphatic heterocycles. The minimum Gasteiger partial charge on any atom is -0.496 e. The number of aliphatic hydroxyl groups is 1. The van der Waals surface area contributed by atoms with Crippen LogP contribution in [0.25, 0.3) is 10.9 Å². The molecule has 180 valence electrons. The van der Waals surface area contributed by atoms with Gasteiger partial charge in [0, 0.05) is 37.8 Å². The Bertz CT molecular complexity index is 1160. The van der Waals surface area contributed by atoms with Crippen LogP contribution in [0.15, 0.2) is 42.5 Å². The highest BCUT2D eigenvalue weighted by Crippen LogP contribution is 2.45. The fourth-order valence-corrected chi connectivity index (χ4v) is 5.17. The lowest BCUT2D eigenvalue weighted by atomic mass is 9.81. The quantitative estimate of drug-likeness (QED) is 0.542. The molecule has 5 rings (SSSR count). The van der Waals surface area contributed by atoms with Crippen LogP contribution in [-0.4, -0.2) is 55.5 Å². The van der Waals surface area contributed by atoms with Crippen molar-refractivity contribution in [1.29, 1.82) is 0 Å². The van der Waals surface area contributed by atoms with E-state index < -0.39 is 5.67 Å². The highest BCUT2D eigenvalue weighted by molar-refractivity contribution is 5.92. The second-order valence-corrected chi connectivity index (χ2v) is 9.54. The normalized spacial score (nSPS) is 18.1. The van der Waals surface area contributed by atoms with Crippen molar-refractivity contribution in [3.8, 4) is 5.75 Å². The molecule has 0 unspecified atom stereocenters. The molecule has 0 spiro atoms. The Hall–Kier alpha value is -2.93. The molecule has 6 nitrogen and oxygen atoms in total. The maximum Gasteiger partial charge on any atom is 0.170 e. The zero-order valence-electron chi connectivity index (χ0n) is 20.0. The summed E-state index contributed by atoms with van der Waals surface area (Å²) in [5, 5.41) is 10.3. The van der Waals surface area contributed by atoms with Crippen molar-refractivity contribution < 1.29 is 14.2 Å². The summed E-state index contributed by atoms with van der Waals surface area (Å²) in [6.45, 7) is 2.30. The largest absolute Gasteiger partial charge is 0.496 e. The zero-order valence-corrected chi connectivity index (χ0v) is 20.0. The predicted octanol–water partition coefficient (Wildman–Crippen LogP) is 4.80. The minimum atomic E-state index is -1.41. The van der Waals surface area contributed by atoms with Crippen molar-refractivity contribution in [2.24, 2.45) is 0 Å². The van der Waals surface area contributed by atoms with Gasteiger partial charge in [0.2, 0.25) is 0 Å². The highest BCUT2D eigenvalue weighted by Gasteiger charge is 2.42. The Morgan fingerprint density at radius 2 is 1.91 bits per heavy atom. The van der Waals surface area contributed by atoms with Gasteiger partial charge in [0.1, 0.15) is 11.6 Å². The van der Waals surface area contributed by atoms with Gasteiger partial charge in [0.15, 0.2) is 11.5 Å². The van der Waals surface area contributed by atoms with Crippen molar-refractivity contribution in [3.05, 3.63) is 53.9 Å². The number of halogens is 1. The fraction of sp³-hybridized carbons (Fsp3) is 0.481. The molecule has 0 bridgehead atoms. The average molecular weight is 465 g/mol. The molecule has 1 N–H and O–H groups in total. The summed E-state index contributed by atoms with van der Waals surface area (Å²) in [5.74, 6) is 2.51. The molecule has 2 aromatic carbocycles. The Kier molecular flexibility index (Phi) is 6.30. The molecule has 34 heavy (non-hydrogen) atoms. The number of para-hydroxylation sites is 1. The topological polar surface area (TPSA) is 61.7 Å². The van der Waals surface area contributed by atoms with E-state index in [2.05, 4.69) is 28.1 Å². The summed E-state index contributed by atoms with van der Waals surface area (Å²) in [6.07, 6.45) is 3.82. The van der Waals surface area contributed by atoms with Gasteiger partial charge in [0.05, 0.1) is 19.2 Å². The van der Waals surface area contributed by atoms with E-state index in [9.17, 15) is 5.11 Å². The first-order chi connectivity index (χ1) is 16.5. The Labute approximate surface area is 200 Å². The number of nitrogens with zero attached hydrogens (tertiary/aromatic N) is 4. The third-order valence-corrected chi connectivity index (χ3v) is 7.46. The maximum atomic E-state index is 15.4. The summed E-state index contributed by atoms with van der Waals surface area (Å²) in [7, 11) is 3.68. The van der Waals surface area contributed by atoms with Crippen LogP contribution in [0.5, 0.6) is 5.75 Å². The average Bonchev–Trinajstić information content (AvgIpc) is 2.86. The van der Waals surface area contributed by atoms with E-state index in [-0.39, 0.29) is 6.61 Å². The number of ether oxygens (including phenoxy) is 1. The van der Waals surface area contributed by atoms with E-state index in [1.807, 2.05) is 36.2 Å². The van der Waals surface area contributed by atoms with Crippen LogP contribution in [0.3, 0.4) is 0 Å². The number of likely N-dealkylation sites (N-methyl/N-ethyl adjacent to an activating group) is 1. The van der Waals surface area contributed by atoms with Crippen LogP contribution >= 0.6 is 0 Å². The van der Waals surface area contributed by atoms with E-state index in [4.69, 9.17) is 9.72 Å². The first-order valence-corrected chi connectivity index (χ1v) is 12.2. The number of fused-ring (bicyclic) bond motifs is 1. The summed E-state index contributed by atoms with van der Waals surface area (Å²) < 4.78 is 21.0. The summed E-state index contributed by atoms with van der Waals surface area (Å²) in [6, 6.07) is 14.3. The van der Waals surface area contributed by atoms with Crippen LogP contribution in [0.1, 0.15) is 49.4 Å². The van der Waals surface area contributed by atoms with Crippen molar-refractivity contribution in [1.82, 2.24) is 9.97 Å². The second-order valence-electron chi connectivity index (χ2n) is 9.54. The lowest BCUT2D eigenvalue weighted by Gasteiger charge is -2.36. The van der Waals surface area contributed by atoms with Crippen molar-refractivity contribution in [3.63, 3.8) is 0 Å². The van der Waals surface area contributed by atoms with Gasteiger partial charge in [0.25, 0.3) is 0 Å². The third-order valence-electron chi connectivity index (χ3n) is 7.46. The van der Waals surface area contributed by atoms with Crippen molar-refractivity contribution in [2.75, 3.05) is 50.2 Å². The predicted molar refractivity (Wildman–Crippen MR) is 134 cm³/mol. The second kappa shape index (κ2) is 9.37. The summed E-state index contributed by atoms with van der Waals surface area (Å²) in [5.41, 5.74) is 1.60. The number of methoxy groups -OCH3 is 1. The van der Waals surface area contributed by atoms with E-state index in [0.717, 1.165) is 60.5 Å². The van der Waals surface area contributed by atoms with Crippen LogP contribution in [0.2, 0.25) is 0 Å². The van der Waals surface area contributed by atoms with Gasteiger partial charge in [-0.15, -0.1) is 0 Å². The number of piperidine rings is 1. The molecule has 1 aliphatic carbocycles. The lowest BCUT2D eigenvalue weighted by Crippen LogP contribution is -2.36. The van der Waals surface area contributed by atoms with Gasteiger partial charge in [-0.1, -0.05) is 18.2 Å². The van der Waals surface area contributed by atoms with Crippen LogP contribution in [0.4, 0.5) is 15.9 Å². The molecular formula is C27H33FN4O2.